The number of likely N-dealkylation sites (tertiary alicyclic amines) is 1. The Balaban J connectivity index is 1.78. The molecule has 1 aromatic carbocycles. The monoisotopic (exact) mass is 321 g/mol. The van der Waals surface area contributed by atoms with Crippen LogP contribution in [0.1, 0.15) is 36.1 Å². The molecule has 2 heterocycles. The molecule has 0 bridgehead atoms. The van der Waals surface area contributed by atoms with Crippen LogP contribution in [0.25, 0.3) is 6.08 Å². The van der Waals surface area contributed by atoms with Gasteiger partial charge in [-0.2, -0.15) is 0 Å². The highest BCUT2D eigenvalue weighted by atomic mass is 16.2. The molecular weight excluding hydrogens is 298 g/mol. The van der Waals surface area contributed by atoms with Crippen molar-refractivity contribution in [3.63, 3.8) is 0 Å². The SMILES string of the molecule is C=Cc1ccc(CCN2C(=O)CC(C)C2c2cccnc2N)cc1. The molecule has 1 aliphatic heterocycles. The van der Waals surface area contributed by atoms with Gasteiger partial charge in [0.15, 0.2) is 0 Å². The van der Waals surface area contributed by atoms with Gasteiger partial charge in [-0.3, -0.25) is 4.79 Å². The fraction of sp³-hybridized carbons (Fsp3) is 0.300. The Bertz CT molecular complexity index is 739. The van der Waals surface area contributed by atoms with E-state index in [2.05, 4.69) is 30.6 Å². The number of nitrogen functional groups attached to an aromatic ring is 1. The first-order chi connectivity index (χ1) is 11.6. The second kappa shape index (κ2) is 6.87. The third-order valence-electron chi connectivity index (χ3n) is 4.74. The number of amides is 1. The van der Waals surface area contributed by atoms with Crippen molar-refractivity contribution in [1.29, 1.82) is 0 Å². The van der Waals surface area contributed by atoms with E-state index in [1.165, 1.54) is 5.56 Å². The number of hydrogen-bond acceptors (Lipinski definition) is 3. The molecule has 4 nitrogen and oxygen atoms in total. The molecule has 0 spiro atoms. The van der Waals surface area contributed by atoms with Gasteiger partial charge in [0.05, 0.1) is 6.04 Å². The van der Waals surface area contributed by atoms with E-state index in [9.17, 15) is 4.79 Å². The normalized spacial score (nSPS) is 20.4. The second-order valence-electron chi connectivity index (χ2n) is 6.39. The summed E-state index contributed by atoms with van der Waals surface area (Å²) in [5.41, 5.74) is 9.32. The fourth-order valence-electron chi connectivity index (χ4n) is 3.45. The molecule has 4 heteroatoms. The number of nitrogens with two attached hydrogens (primary N) is 1. The zero-order valence-electron chi connectivity index (χ0n) is 14.0. The van der Waals surface area contributed by atoms with Crippen molar-refractivity contribution >= 4 is 17.8 Å². The Morgan fingerprint density at radius 3 is 2.75 bits per heavy atom. The first-order valence-electron chi connectivity index (χ1n) is 8.31. The average Bonchev–Trinajstić information content (AvgIpc) is 2.87. The Morgan fingerprint density at radius 1 is 1.33 bits per heavy atom. The summed E-state index contributed by atoms with van der Waals surface area (Å²) in [7, 11) is 0. The predicted molar refractivity (Wildman–Crippen MR) is 97.1 cm³/mol. The van der Waals surface area contributed by atoms with Crippen LogP contribution in [0.15, 0.2) is 49.2 Å². The Labute approximate surface area is 143 Å². The molecule has 3 rings (SSSR count). The van der Waals surface area contributed by atoms with Crippen LogP contribution < -0.4 is 5.73 Å². The molecular formula is C20H23N3O. The lowest BCUT2D eigenvalue weighted by atomic mass is 9.95. The first-order valence-corrected chi connectivity index (χ1v) is 8.31. The summed E-state index contributed by atoms with van der Waals surface area (Å²) in [5.74, 6) is 0.954. The number of nitrogens with zero attached hydrogens (tertiary/aromatic N) is 2. The number of rotatable bonds is 5. The van der Waals surface area contributed by atoms with E-state index in [0.717, 1.165) is 17.5 Å². The number of carbonyl (C=O) groups is 1. The zero-order valence-corrected chi connectivity index (χ0v) is 14.0. The third-order valence-corrected chi connectivity index (χ3v) is 4.74. The van der Waals surface area contributed by atoms with Crippen molar-refractivity contribution in [1.82, 2.24) is 9.88 Å². The molecule has 2 N–H and O–H groups in total. The van der Waals surface area contributed by atoms with Crippen LogP contribution in [-0.2, 0) is 11.2 Å². The van der Waals surface area contributed by atoms with Crippen LogP contribution in [0.3, 0.4) is 0 Å². The fourth-order valence-corrected chi connectivity index (χ4v) is 3.45. The van der Waals surface area contributed by atoms with Gasteiger partial charge in [0.1, 0.15) is 5.82 Å². The van der Waals surface area contributed by atoms with Crippen LogP contribution >= 0.6 is 0 Å². The van der Waals surface area contributed by atoms with Gasteiger partial charge in [-0.15, -0.1) is 0 Å². The average molecular weight is 321 g/mol. The van der Waals surface area contributed by atoms with Crippen molar-refractivity contribution in [2.75, 3.05) is 12.3 Å². The summed E-state index contributed by atoms with van der Waals surface area (Å²) in [6.07, 6.45) is 4.91. The Morgan fingerprint density at radius 2 is 2.08 bits per heavy atom. The number of aromatic nitrogens is 1. The molecule has 1 saturated heterocycles. The minimum absolute atomic E-state index is 0.0126. The topological polar surface area (TPSA) is 59.2 Å². The summed E-state index contributed by atoms with van der Waals surface area (Å²) in [5, 5.41) is 0. The van der Waals surface area contributed by atoms with Crippen molar-refractivity contribution < 1.29 is 4.79 Å². The molecule has 0 aliphatic carbocycles. The van der Waals surface area contributed by atoms with Crippen LogP contribution in [-0.4, -0.2) is 22.3 Å². The van der Waals surface area contributed by atoms with Gasteiger partial charge in [0, 0.05) is 24.7 Å². The number of benzene rings is 1. The molecule has 2 atom stereocenters. The highest BCUT2D eigenvalue weighted by Gasteiger charge is 2.38. The van der Waals surface area contributed by atoms with E-state index < -0.39 is 0 Å². The van der Waals surface area contributed by atoms with Gasteiger partial charge in [-0.1, -0.05) is 49.9 Å². The van der Waals surface area contributed by atoms with Gasteiger partial charge >= 0.3 is 0 Å². The van der Waals surface area contributed by atoms with Gasteiger partial charge in [0.25, 0.3) is 0 Å². The molecule has 1 fully saturated rings. The number of hydrogen-bond donors (Lipinski definition) is 1. The summed E-state index contributed by atoms with van der Waals surface area (Å²) >= 11 is 0. The molecule has 2 aromatic rings. The second-order valence-corrected chi connectivity index (χ2v) is 6.39. The zero-order chi connectivity index (χ0) is 17.1. The molecule has 0 radical (unpaired) electrons. The summed E-state index contributed by atoms with van der Waals surface area (Å²) < 4.78 is 0. The summed E-state index contributed by atoms with van der Waals surface area (Å²) in [6, 6.07) is 12.2. The predicted octanol–water partition coefficient (Wildman–Crippen LogP) is 3.46. The van der Waals surface area contributed by atoms with Crippen LogP contribution in [0.5, 0.6) is 0 Å². The highest BCUT2D eigenvalue weighted by molar-refractivity contribution is 5.80. The largest absolute Gasteiger partial charge is 0.383 e. The van der Waals surface area contributed by atoms with E-state index in [4.69, 9.17) is 5.73 Å². The van der Waals surface area contributed by atoms with Gasteiger partial charge in [-0.25, -0.2) is 4.98 Å². The van der Waals surface area contributed by atoms with Crippen LogP contribution in [0.2, 0.25) is 0 Å². The Hall–Kier alpha value is -2.62. The molecule has 124 valence electrons. The van der Waals surface area contributed by atoms with Crippen molar-refractivity contribution in [3.05, 3.63) is 65.9 Å². The quantitative estimate of drug-likeness (QED) is 0.917. The Kier molecular flexibility index (Phi) is 4.65. The molecule has 1 amide bonds. The van der Waals surface area contributed by atoms with Crippen LogP contribution in [0, 0.1) is 5.92 Å². The van der Waals surface area contributed by atoms with Gasteiger partial charge in [-0.05, 0) is 29.5 Å². The number of pyridine rings is 1. The van der Waals surface area contributed by atoms with E-state index in [0.29, 0.717) is 18.8 Å². The van der Waals surface area contributed by atoms with E-state index in [1.807, 2.05) is 35.2 Å². The van der Waals surface area contributed by atoms with Gasteiger partial charge < -0.3 is 10.6 Å². The van der Waals surface area contributed by atoms with Crippen molar-refractivity contribution in [2.24, 2.45) is 5.92 Å². The van der Waals surface area contributed by atoms with Gasteiger partial charge in [0.2, 0.25) is 5.91 Å². The lowest BCUT2D eigenvalue weighted by molar-refractivity contribution is -0.129. The lowest BCUT2D eigenvalue weighted by Gasteiger charge is -2.28. The third kappa shape index (κ3) is 3.18. The maximum atomic E-state index is 12.5. The minimum Gasteiger partial charge on any atom is -0.383 e. The molecule has 24 heavy (non-hydrogen) atoms. The molecule has 0 saturated carbocycles. The molecule has 2 unspecified atom stereocenters. The highest BCUT2D eigenvalue weighted by Crippen LogP contribution is 2.39. The van der Waals surface area contributed by atoms with Crippen molar-refractivity contribution in [2.45, 2.75) is 25.8 Å². The van der Waals surface area contributed by atoms with Crippen molar-refractivity contribution in [3.8, 4) is 0 Å². The maximum Gasteiger partial charge on any atom is 0.223 e. The summed E-state index contributed by atoms with van der Waals surface area (Å²) in [4.78, 5) is 18.6. The summed E-state index contributed by atoms with van der Waals surface area (Å²) in [6.45, 7) is 6.56. The van der Waals surface area contributed by atoms with E-state index >= 15 is 0 Å². The smallest absolute Gasteiger partial charge is 0.223 e. The first kappa shape index (κ1) is 16.2. The lowest BCUT2D eigenvalue weighted by Crippen LogP contribution is -2.31. The maximum absolute atomic E-state index is 12.5. The number of anilines is 1. The van der Waals surface area contributed by atoms with E-state index in [-0.39, 0.29) is 17.9 Å². The number of carbonyl (C=O) groups excluding carboxylic acids is 1. The minimum atomic E-state index is 0.0126. The molecule has 1 aromatic heterocycles. The standard InChI is InChI=1S/C20H23N3O/c1-3-15-6-8-16(9-7-15)10-12-23-18(24)13-14(2)19(23)17-5-4-11-22-20(17)21/h3-9,11,14,19H,1,10,12-13H2,2H3,(H2,21,22). The van der Waals surface area contributed by atoms with Crippen LogP contribution in [0.4, 0.5) is 5.82 Å². The van der Waals surface area contributed by atoms with E-state index in [1.54, 1.807) is 6.20 Å². The molecule has 1 aliphatic rings.